The van der Waals surface area contributed by atoms with Crippen LogP contribution in [0.2, 0.25) is 0 Å². The van der Waals surface area contributed by atoms with Crippen molar-refractivity contribution in [1.82, 2.24) is 20.1 Å². The Morgan fingerprint density at radius 2 is 1.71 bits per heavy atom. The van der Waals surface area contributed by atoms with Gasteiger partial charge in [-0.3, -0.25) is 15.1 Å². The Balaban J connectivity index is 1.19. The van der Waals surface area contributed by atoms with Gasteiger partial charge in [-0.05, 0) is 55.4 Å². The molecule has 0 saturated carbocycles. The minimum Gasteiger partial charge on any atom is -0.493 e. The van der Waals surface area contributed by atoms with Crippen LogP contribution in [0, 0.1) is 11.6 Å². The topological polar surface area (TPSA) is 105 Å². The number of nitrogens with zero attached hydrogens (tertiary/aromatic N) is 3. The Kier molecular flexibility index (Phi) is 10.4. The van der Waals surface area contributed by atoms with Gasteiger partial charge in [0.15, 0.2) is 11.5 Å². The lowest BCUT2D eigenvalue weighted by Crippen LogP contribution is -2.44. The fourth-order valence-electron chi connectivity index (χ4n) is 4.93. The van der Waals surface area contributed by atoms with Crippen molar-refractivity contribution in [3.63, 3.8) is 0 Å². The molecule has 1 aliphatic heterocycles. The molecule has 4 aromatic rings. The van der Waals surface area contributed by atoms with E-state index in [9.17, 15) is 18.4 Å². The minimum absolute atomic E-state index is 0.141. The third-order valence-corrected chi connectivity index (χ3v) is 7.41. The van der Waals surface area contributed by atoms with Gasteiger partial charge in [0.05, 0.1) is 31.3 Å². The van der Waals surface area contributed by atoms with E-state index < -0.39 is 23.6 Å². The number of benzene rings is 3. The fraction of sp³-hybridized carbons (Fsp3) is 0.303. The van der Waals surface area contributed by atoms with E-state index in [1.54, 1.807) is 31.5 Å². The number of likely N-dealkylation sites (N-methyl/N-ethyl adjacent to an activating group) is 1. The molecule has 0 radical (unpaired) electrons. The number of hydrogen-bond acceptors (Lipinski definition) is 8. The van der Waals surface area contributed by atoms with Crippen molar-refractivity contribution >= 4 is 28.5 Å². The van der Waals surface area contributed by atoms with Crippen molar-refractivity contribution < 1.29 is 32.6 Å². The highest BCUT2D eigenvalue weighted by atomic mass is 19.1. The molecule has 2 heterocycles. The fourth-order valence-corrected chi connectivity index (χ4v) is 4.93. The summed E-state index contributed by atoms with van der Waals surface area (Å²) in [7, 11) is 3.70. The van der Waals surface area contributed by atoms with Crippen LogP contribution >= 0.6 is 0 Å². The molecule has 236 valence electrons. The van der Waals surface area contributed by atoms with Gasteiger partial charge in [0.2, 0.25) is 5.91 Å². The number of anilines is 1. The standard InChI is InChI=1S/C33H35F2N5O5/c1-39-13-15-40(16-14-39)12-3-17-44-31-21-28-25(20-30(31)43-2)29(10-11-36-28)45-24-8-9-27(26(35)19-24)37-33(42)38-32(41)18-22-4-6-23(34)7-5-22/h4-11,19-21H,3,12-18H2,1-2H3,(H2,37,38,41,42). The summed E-state index contributed by atoms with van der Waals surface area (Å²) in [6.45, 7) is 5.76. The second-order valence-corrected chi connectivity index (χ2v) is 10.7. The second-order valence-electron chi connectivity index (χ2n) is 10.7. The first-order valence-electron chi connectivity index (χ1n) is 14.6. The molecule has 1 aromatic heterocycles. The molecule has 3 amide bonds. The van der Waals surface area contributed by atoms with Gasteiger partial charge in [-0.15, -0.1) is 0 Å². The van der Waals surface area contributed by atoms with Gasteiger partial charge in [-0.1, -0.05) is 12.1 Å². The molecule has 45 heavy (non-hydrogen) atoms. The zero-order valence-corrected chi connectivity index (χ0v) is 25.1. The largest absolute Gasteiger partial charge is 0.493 e. The number of fused-ring (bicyclic) bond motifs is 1. The number of halogens is 2. The van der Waals surface area contributed by atoms with Gasteiger partial charge in [0.25, 0.3) is 0 Å². The molecule has 0 atom stereocenters. The molecule has 5 rings (SSSR count). The summed E-state index contributed by atoms with van der Waals surface area (Å²) in [5.74, 6) is -0.130. The van der Waals surface area contributed by atoms with E-state index in [1.165, 1.54) is 36.4 Å². The molecular weight excluding hydrogens is 584 g/mol. The summed E-state index contributed by atoms with van der Waals surface area (Å²) in [5, 5.41) is 5.08. The van der Waals surface area contributed by atoms with Crippen LogP contribution in [0.25, 0.3) is 10.9 Å². The van der Waals surface area contributed by atoms with E-state index in [-0.39, 0.29) is 17.9 Å². The van der Waals surface area contributed by atoms with Gasteiger partial charge in [0, 0.05) is 56.4 Å². The number of hydrogen-bond donors (Lipinski definition) is 2. The van der Waals surface area contributed by atoms with Crippen molar-refractivity contribution in [1.29, 1.82) is 0 Å². The number of nitrogens with one attached hydrogen (secondary N) is 2. The van der Waals surface area contributed by atoms with Gasteiger partial charge in [-0.25, -0.2) is 13.6 Å². The Bertz CT molecular complexity index is 1650. The molecule has 10 nitrogen and oxygen atoms in total. The smallest absolute Gasteiger partial charge is 0.325 e. The summed E-state index contributed by atoms with van der Waals surface area (Å²) in [6.07, 6.45) is 2.32. The van der Waals surface area contributed by atoms with Crippen molar-refractivity contribution in [2.75, 3.05) is 58.8 Å². The summed E-state index contributed by atoms with van der Waals surface area (Å²) >= 11 is 0. The predicted molar refractivity (Wildman–Crippen MR) is 166 cm³/mol. The monoisotopic (exact) mass is 619 g/mol. The summed E-state index contributed by atoms with van der Waals surface area (Å²) in [5.41, 5.74) is 0.990. The molecule has 0 spiro atoms. The molecule has 12 heteroatoms. The number of methoxy groups -OCH3 is 1. The number of pyridine rings is 1. The maximum absolute atomic E-state index is 14.9. The number of aromatic nitrogens is 1. The Morgan fingerprint density at radius 1 is 0.933 bits per heavy atom. The molecule has 0 aliphatic carbocycles. The third kappa shape index (κ3) is 8.64. The van der Waals surface area contributed by atoms with E-state index in [2.05, 4.69) is 32.5 Å². The first kappa shape index (κ1) is 31.6. The summed E-state index contributed by atoms with van der Waals surface area (Å²) in [4.78, 5) is 33.6. The van der Waals surface area contributed by atoms with E-state index in [0.717, 1.165) is 45.2 Å². The van der Waals surface area contributed by atoms with Crippen molar-refractivity contribution in [3.8, 4) is 23.0 Å². The maximum atomic E-state index is 14.9. The van der Waals surface area contributed by atoms with Gasteiger partial charge in [0.1, 0.15) is 23.1 Å². The Hall–Kier alpha value is -4.81. The number of carbonyl (C=O) groups excluding carboxylic acids is 2. The molecule has 3 aromatic carbocycles. The zero-order valence-electron chi connectivity index (χ0n) is 25.1. The van der Waals surface area contributed by atoms with Crippen molar-refractivity contribution in [3.05, 3.63) is 84.1 Å². The summed E-state index contributed by atoms with van der Waals surface area (Å²) < 4.78 is 45.6. The van der Waals surface area contributed by atoms with Crippen molar-refractivity contribution in [2.24, 2.45) is 0 Å². The number of piperazine rings is 1. The number of imide groups is 1. The van der Waals surface area contributed by atoms with Gasteiger partial charge in [-0.2, -0.15) is 0 Å². The summed E-state index contributed by atoms with van der Waals surface area (Å²) in [6, 6.07) is 13.6. The lowest BCUT2D eigenvalue weighted by molar-refractivity contribution is -0.119. The predicted octanol–water partition coefficient (Wildman–Crippen LogP) is 5.22. The van der Waals surface area contributed by atoms with E-state index in [4.69, 9.17) is 14.2 Å². The van der Waals surface area contributed by atoms with E-state index in [1.807, 2.05) is 0 Å². The van der Waals surface area contributed by atoms with Crippen LogP contribution in [0.3, 0.4) is 0 Å². The molecule has 1 aliphatic rings. The normalized spacial score (nSPS) is 13.8. The maximum Gasteiger partial charge on any atom is 0.325 e. The van der Waals surface area contributed by atoms with Crippen molar-refractivity contribution in [2.45, 2.75) is 12.8 Å². The lowest BCUT2D eigenvalue weighted by Gasteiger charge is -2.32. The molecular formula is C33H35F2N5O5. The van der Waals surface area contributed by atoms with Crippen LogP contribution in [0.15, 0.2) is 66.9 Å². The molecule has 1 fully saturated rings. The SMILES string of the molecule is COc1cc2c(Oc3ccc(NC(=O)NC(=O)Cc4ccc(F)cc4)c(F)c3)ccnc2cc1OCCCN1CCN(C)CC1. The number of urea groups is 1. The molecule has 1 saturated heterocycles. The van der Waals surface area contributed by atoms with Crippen LogP contribution in [0.1, 0.15) is 12.0 Å². The van der Waals surface area contributed by atoms with E-state index >= 15 is 0 Å². The van der Waals surface area contributed by atoms with Gasteiger partial charge >= 0.3 is 6.03 Å². The van der Waals surface area contributed by atoms with Crippen LogP contribution < -0.4 is 24.8 Å². The molecule has 0 unspecified atom stereocenters. The quantitative estimate of drug-likeness (QED) is 0.220. The van der Waals surface area contributed by atoms with E-state index in [0.29, 0.717) is 40.3 Å². The highest BCUT2D eigenvalue weighted by molar-refractivity contribution is 6.01. The second kappa shape index (κ2) is 14.8. The zero-order chi connectivity index (χ0) is 31.8. The Morgan fingerprint density at radius 3 is 2.44 bits per heavy atom. The highest BCUT2D eigenvalue weighted by Gasteiger charge is 2.16. The number of amides is 3. The van der Waals surface area contributed by atoms with Crippen LogP contribution in [-0.4, -0.2) is 80.2 Å². The number of carbonyl (C=O) groups is 2. The average molecular weight is 620 g/mol. The lowest BCUT2D eigenvalue weighted by atomic mass is 10.1. The molecule has 2 N–H and O–H groups in total. The first-order chi connectivity index (χ1) is 21.8. The highest BCUT2D eigenvalue weighted by Crippen LogP contribution is 2.37. The number of rotatable bonds is 11. The number of ether oxygens (including phenoxy) is 3. The minimum atomic E-state index is -0.903. The average Bonchev–Trinajstić information content (AvgIpc) is 3.02. The van der Waals surface area contributed by atoms with Crippen LogP contribution in [0.4, 0.5) is 19.3 Å². The molecule has 0 bridgehead atoms. The first-order valence-corrected chi connectivity index (χ1v) is 14.6. The third-order valence-electron chi connectivity index (χ3n) is 7.41. The van der Waals surface area contributed by atoms with Crippen LogP contribution in [-0.2, 0) is 11.2 Å². The van der Waals surface area contributed by atoms with Crippen LogP contribution in [0.5, 0.6) is 23.0 Å². The van der Waals surface area contributed by atoms with Gasteiger partial charge < -0.3 is 29.3 Å². The Labute approximate surface area is 259 Å².